The highest BCUT2D eigenvalue weighted by Crippen LogP contribution is 1.78. The largest absolute Gasteiger partial charge is 0.396 e. The molecular weight excluding hydrogens is 64.0 g/mol. The van der Waals surface area contributed by atoms with Gasteiger partial charge in [-0.15, -0.1) is 0 Å². The van der Waals surface area contributed by atoms with Crippen LogP contribution in [0.5, 0.6) is 0 Å². The van der Waals surface area contributed by atoms with E-state index in [0.29, 0.717) is 0 Å². The SMILES string of the molecule is [2H]CC([2H])([2H])C([2H])([2H])C([2H])([2H])O. The first-order valence-corrected chi connectivity index (χ1v) is 1.08. The smallest absolute Gasteiger partial charge is 0.0564 e. The van der Waals surface area contributed by atoms with E-state index in [1.165, 1.54) is 0 Å². The van der Waals surface area contributed by atoms with Crippen LogP contribution in [-0.2, 0) is 0 Å². The molecule has 0 aromatic heterocycles. The number of hydrogen-bond donors (Lipinski definition) is 1. The van der Waals surface area contributed by atoms with Crippen LogP contribution in [0.15, 0.2) is 0 Å². The van der Waals surface area contributed by atoms with Crippen molar-refractivity contribution in [2.45, 2.75) is 19.6 Å². The third kappa shape index (κ3) is 3.96. The molecule has 0 unspecified atom stereocenters. The Kier molecular flexibility index (Phi) is 0.513. The summed E-state index contributed by atoms with van der Waals surface area (Å²) >= 11 is 0. The zero-order valence-electron chi connectivity index (χ0n) is 9.65. The predicted octanol–water partition coefficient (Wildman–Crippen LogP) is 0.779. The van der Waals surface area contributed by atoms with Crippen LogP contribution in [-0.4, -0.2) is 11.7 Å². The Bertz CT molecular complexity index is 159. The van der Waals surface area contributed by atoms with E-state index >= 15 is 0 Å². The maximum atomic E-state index is 8.65. The van der Waals surface area contributed by atoms with Crippen molar-refractivity contribution in [1.82, 2.24) is 0 Å². The van der Waals surface area contributed by atoms with Crippen molar-refractivity contribution >= 4 is 0 Å². The molecule has 0 aliphatic rings. The molecule has 0 saturated carbocycles. The van der Waals surface area contributed by atoms with Gasteiger partial charge in [-0.25, -0.2) is 0 Å². The molecular formula is C4H10O. The van der Waals surface area contributed by atoms with Crippen molar-refractivity contribution in [3.63, 3.8) is 0 Å². The summed E-state index contributed by atoms with van der Waals surface area (Å²) in [6.07, 6.45) is -5.78. The molecule has 5 heavy (non-hydrogen) atoms. The number of rotatable bonds is 2. The standard InChI is InChI=1S/C4H10O/c1-2-3-4-5/h5H,2-4H2,1H3/i1D,2D2,3D2,4D2. The zero-order valence-corrected chi connectivity index (χ0v) is 2.65. The molecule has 0 saturated heterocycles. The molecule has 0 spiro atoms. The minimum absolute atomic E-state index is 0.944. The number of hydrogen-bond acceptors (Lipinski definition) is 1. The van der Waals surface area contributed by atoms with Crippen LogP contribution in [0, 0.1) is 0 Å². The molecule has 1 nitrogen and oxygen atoms in total. The summed E-state index contributed by atoms with van der Waals surface area (Å²) in [5.41, 5.74) is 0. The highest BCUT2D eigenvalue weighted by atomic mass is 16.2. The van der Waals surface area contributed by atoms with Gasteiger partial charge in [-0.05, 0) is 6.37 Å². The molecule has 0 radical (unpaired) electrons. The summed E-state index contributed by atoms with van der Waals surface area (Å²) in [5.74, 6) is 0. The quantitative estimate of drug-likeness (QED) is 0.520. The highest BCUT2D eigenvalue weighted by Gasteiger charge is 1.69. The summed E-state index contributed by atoms with van der Waals surface area (Å²) in [7, 11) is 0. The van der Waals surface area contributed by atoms with Crippen molar-refractivity contribution < 1.29 is 14.7 Å². The fraction of sp³-hybridized carbons (Fsp3) is 1.00. The lowest BCUT2D eigenvalue weighted by atomic mass is 10.4. The average molecular weight is 81.2 g/mol. The van der Waals surface area contributed by atoms with Crippen LogP contribution >= 0.6 is 0 Å². The fourth-order valence-corrected chi connectivity index (χ4v) is 0.0395. The van der Waals surface area contributed by atoms with E-state index in [4.69, 9.17) is 14.7 Å². The molecule has 0 atom stereocenters. The van der Waals surface area contributed by atoms with Gasteiger partial charge in [0, 0.05) is 13.4 Å². The normalized spacial score (nSPS) is 37.4. The lowest BCUT2D eigenvalue weighted by molar-refractivity contribution is 0.287. The average Bonchev–Trinajstić information content (AvgIpc) is 1.85. The van der Waals surface area contributed by atoms with Gasteiger partial charge in [0.1, 0.15) is 0 Å². The maximum Gasteiger partial charge on any atom is 0.0564 e. The zero-order chi connectivity index (χ0) is 10.2. The fourth-order valence-electron chi connectivity index (χ4n) is 0.0395. The summed E-state index contributed by atoms with van der Waals surface area (Å²) < 4.78 is 47.6. The van der Waals surface area contributed by atoms with Gasteiger partial charge in [0.15, 0.2) is 0 Å². The summed E-state index contributed by atoms with van der Waals surface area (Å²) in [6, 6.07) is 0. The molecule has 0 aromatic rings. The van der Waals surface area contributed by atoms with Crippen molar-refractivity contribution in [3.05, 3.63) is 0 Å². The van der Waals surface area contributed by atoms with E-state index in [-0.39, 0.29) is 0 Å². The molecule has 0 bridgehead atoms. The molecule has 0 rings (SSSR count). The molecule has 0 aliphatic heterocycles. The van der Waals surface area contributed by atoms with Crippen LogP contribution < -0.4 is 0 Å². The third-order valence-electron chi connectivity index (χ3n) is 0.144. The second-order valence-electron chi connectivity index (χ2n) is 0.414. The van der Waals surface area contributed by atoms with Gasteiger partial charge in [-0.3, -0.25) is 0 Å². The monoisotopic (exact) mass is 81.1 g/mol. The van der Waals surface area contributed by atoms with Crippen LogP contribution in [0.1, 0.15) is 29.2 Å². The summed E-state index contributed by atoms with van der Waals surface area (Å²) in [6.45, 7) is -4.22. The molecule has 1 N–H and O–H groups in total. The highest BCUT2D eigenvalue weighted by molar-refractivity contribution is 4.23. The first-order valence-electron chi connectivity index (χ1n) is 4.78. The van der Waals surface area contributed by atoms with Crippen LogP contribution in [0.2, 0.25) is 0 Å². The van der Waals surface area contributed by atoms with Gasteiger partial charge in [0.2, 0.25) is 0 Å². The van der Waals surface area contributed by atoms with E-state index in [2.05, 4.69) is 0 Å². The second kappa shape index (κ2) is 3.96. The topological polar surface area (TPSA) is 20.2 Å². The van der Waals surface area contributed by atoms with Gasteiger partial charge in [0.25, 0.3) is 0 Å². The molecule has 0 amide bonds. The third-order valence-corrected chi connectivity index (χ3v) is 0.144. The lowest BCUT2D eigenvalue weighted by Gasteiger charge is -1.79. The molecule has 0 heterocycles. The molecule has 1 heteroatoms. The van der Waals surface area contributed by atoms with Gasteiger partial charge in [-0.2, -0.15) is 0 Å². The maximum absolute atomic E-state index is 8.65. The summed E-state index contributed by atoms with van der Waals surface area (Å²) in [5, 5.41) is 8.65. The van der Waals surface area contributed by atoms with Gasteiger partial charge in [-0.1, -0.05) is 13.3 Å². The van der Waals surface area contributed by atoms with E-state index in [0.717, 1.165) is 0 Å². The van der Waals surface area contributed by atoms with Crippen LogP contribution in [0.4, 0.5) is 0 Å². The van der Waals surface area contributed by atoms with E-state index in [1.807, 2.05) is 0 Å². The number of aliphatic hydroxyl groups is 1. The van der Waals surface area contributed by atoms with Gasteiger partial charge >= 0.3 is 0 Å². The van der Waals surface area contributed by atoms with Gasteiger partial charge < -0.3 is 5.11 Å². The van der Waals surface area contributed by atoms with E-state index in [9.17, 15) is 0 Å². The van der Waals surface area contributed by atoms with Crippen LogP contribution in [0.3, 0.4) is 0 Å². The van der Waals surface area contributed by atoms with E-state index < -0.39 is 26.2 Å². The Labute approximate surface area is 42.5 Å². The Morgan fingerprint density at radius 1 is 2.20 bits per heavy atom. The predicted molar refractivity (Wildman–Crippen MR) is 22.0 cm³/mol. The second-order valence-corrected chi connectivity index (χ2v) is 0.414. The Morgan fingerprint density at radius 2 is 3.00 bits per heavy atom. The minimum Gasteiger partial charge on any atom is -0.396 e. The van der Waals surface area contributed by atoms with Crippen molar-refractivity contribution in [2.24, 2.45) is 0 Å². The molecule has 0 aromatic carbocycles. The first kappa shape index (κ1) is 0.648. The van der Waals surface area contributed by atoms with Gasteiger partial charge in [0.05, 0.1) is 2.74 Å². The molecule has 32 valence electrons. The lowest BCUT2D eigenvalue weighted by Crippen LogP contribution is -1.75. The molecule has 0 fully saturated rings. The first-order chi connectivity index (χ1) is 5.06. The van der Waals surface area contributed by atoms with E-state index in [1.54, 1.807) is 0 Å². The van der Waals surface area contributed by atoms with Crippen molar-refractivity contribution in [2.75, 3.05) is 6.56 Å². The molecule has 0 aliphatic carbocycles. The Balaban J connectivity index is 4.85. The van der Waals surface area contributed by atoms with Crippen molar-refractivity contribution in [1.29, 1.82) is 0 Å². The Hall–Kier alpha value is -0.0400. The van der Waals surface area contributed by atoms with Crippen LogP contribution in [0.25, 0.3) is 0 Å². The Morgan fingerprint density at radius 3 is 3.20 bits per heavy atom. The van der Waals surface area contributed by atoms with Crippen molar-refractivity contribution in [3.8, 4) is 0 Å². The minimum atomic E-state index is -3.28. The summed E-state index contributed by atoms with van der Waals surface area (Å²) in [4.78, 5) is 0.